The fraction of sp³-hybridized carbons (Fsp3) is 0.235. The van der Waals surface area contributed by atoms with E-state index in [0.717, 1.165) is 16.7 Å². The summed E-state index contributed by atoms with van der Waals surface area (Å²) in [6, 6.07) is 9.51. The van der Waals surface area contributed by atoms with Crippen molar-refractivity contribution in [2.45, 2.75) is 12.6 Å². The monoisotopic (exact) mass is 349 g/mol. The Morgan fingerprint density at radius 3 is 2.81 bits per heavy atom. The summed E-state index contributed by atoms with van der Waals surface area (Å²) >= 11 is 0. The van der Waals surface area contributed by atoms with Crippen LogP contribution in [-0.4, -0.2) is 53.9 Å². The van der Waals surface area contributed by atoms with E-state index in [1.54, 1.807) is 32.8 Å². The molecule has 9 heteroatoms. The van der Waals surface area contributed by atoms with Gasteiger partial charge in [-0.05, 0) is 12.1 Å². The number of hydrogen-bond acceptors (Lipinski definition) is 6. The third kappa shape index (κ3) is 2.53. The van der Waals surface area contributed by atoms with E-state index in [2.05, 4.69) is 20.5 Å². The van der Waals surface area contributed by atoms with Gasteiger partial charge in [0, 0.05) is 18.5 Å². The van der Waals surface area contributed by atoms with Gasteiger partial charge >= 0.3 is 0 Å². The molecule has 4 aromatic rings. The van der Waals surface area contributed by atoms with Gasteiger partial charge in [-0.25, -0.2) is 4.68 Å². The van der Waals surface area contributed by atoms with Gasteiger partial charge in [0.05, 0.1) is 24.6 Å². The summed E-state index contributed by atoms with van der Waals surface area (Å²) in [5.74, 6) is 0.271. The number of para-hydroxylation sites is 1. The molecule has 1 aromatic carbocycles. The van der Waals surface area contributed by atoms with Crippen LogP contribution in [0.3, 0.4) is 0 Å². The molecule has 0 spiro atoms. The lowest BCUT2D eigenvalue weighted by Crippen LogP contribution is -2.50. The molecule has 5 rings (SSSR count). The van der Waals surface area contributed by atoms with Crippen LogP contribution in [0.4, 0.5) is 0 Å². The average molecular weight is 349 g/mol. The first kappa shape index (κ1) is 14.8. The molecule has 1 amide bonds. The molecule has 1 saturated heterocycles. The minimum Gasteiger partial charge on any atom is -0.451 e. The van der Waals surface area contributed by atoms with Gasteiger partial charge in [0.25, 0.3) is 5.91 Å². The molecule has 0 atom stereocenters. The number of nitrogens with zero attached hydrogens (tertiary/aromatic N) is 7. The first-order valence-corrected chi connectivity index (χ1v) is 8.29. The quantitative estimate of drug-likeness (QED) is 0.552. The maximum atomic E-state index is 12.6. The molecule has 0 aliphatic carbocycles. The van der Waals surface area contributed by atoms with Gasteiger partial charge in [-0.15, -0.1) is 5.10 Å². The lowest BCUT2D eigenvalue weighted by Gasteiger charge is -2.38. The maximum Gasteiger partial charge on any atom is 0.289 e. The first-order valence-electron chi connectivity index (χ1n) is 8.29. The van der Waals surface area contributed by atoms with Crippen LogP contribution >= 0.6 is 0 Å². The second-order valence-corrected chi connectivity index (χ2v) is 6.26. The summed E-state index contributed by atoms with van der Waals surface area (Å²) in [6.07, 6.45) is 5.12. The molecule has 1 aliphatic heterocycles. The first-order chi connectivity index (χ1) is 12.8. The zero-order valence-electron chi connectivity index (χ0n) is 13.8. The molecule has 0 radical (unpaired) electrons. The van der Waals surface area contributed by atoms with Crippen LogP contribution in [0.15, 0.2) is 53.3 Å². The largest absolute Gasteiger partial charge is 0.451 e. The van der Waals surface area contributed by atoms with Crippen LogP contribution in [0, 0.1) is 0 Å². The molecule has 0 saturated carbocycles. The molecule has 9 nitrogen and oxygen atoms in total. The van der Waals surface area contributed by atoms with Crippen molar-refractivity contribution in [3.05, 3.63) is 60.4 Å². The molecular weight excluding hydrogens is 334 g/mol. The van der Waals surface area contributed by atoms with Gasteiger partial charge < -0.3 is 9.32 Å². The highest BCUT2D eigenvalue weighted by Crippen LogP contribution is 2.25. The number of likely N-dealkylation sites (tertiary alicyclic amines) is 1. The van der Waals surface area contributed by atoms with Gasteiger partial charge in [-0.3, -0.25) is 4.79 Å². The number of hydrogen-bond donors (Lipinski definition) is 0. The fourth-order valence-corrected chi connectivity index (χ4v) is 3.07. The predicted molar refractivity (Wildman–Crippen MR) is 90.3 cm³/mol. The SMILES string of the molecule is O=C(c1cc2ccccc2o1)N1CC(n2cc(Cn3nccn3)nn2)C1. The number of aromatic nitrogens is 6. The second kappa shape index (κ2) is 5.80. The van der Waals surface area contributed by atoms with Crippen molar-refractivity contribution in [2.24, 2.45) is 0 Å². The van der Waals surface area contributed by atoms with Crippen LogP contribution in [0.2, 0.25) is 0 Å². The van der Waals surface area contributed by atoms with Gasteiger partial charge in [-0.2, -0.15) is 15.0 Å². The highest BCUT2D eigenvalue weighted by Gasteiger charge is 2.34. The van der Waals surface area contributed by atoms with E-state index >= 15 is 0 Å². The molecule has 4 heterocycles. The van der Waals surface area contributed by atoms with Crippen molar-refractivity contribution in [2.75, 3.05) is 13.1 Å². The number of amides is 1. The molecule has 1 aliphatic rings. The minimum atomic E-state index is -0.0986. The average Bonchev–Trinajstić information content (AvgIpc) is 3.34. The maximum absolute atomic E-state index is 12.6. The number of benzene rings is 1. The number of rotatable bonds is 4. The Labute approximate surface area is 147 Å². The van der Waals surface area contributed by atoms with Gasteiger partial charge in [0.15, 0.2) is 5.76 Å². The lowest BCUT2D eigenvalue weighted by molar-refractivity contribution is 0.0469. The molecule has 0 N–H and O–H groups in total. The third-order valence-electron chi connectivity index (χ3n) is 4.49. The highest BCUT2D eigenvalue weighted by atomic mass is 16.3. The van der Waals surface area contributed by atoms with E-state index < -0.39 is 0 Å². The van der Waals surface area contributed by atoms with E-state index in [4.69, 9.17) is 4.42 Å². The summed E-state index contributed by atoms with van der Waals surface area (Å²) in [7, 11) is 0. The van der Waals surface area contributed by atoms with E-state index in [9.17, 15) is 4.79 Å². The van der Waals surface area contributed by atoms with Crippen LogP contribution in [0.1, 0.15) is 22.3 Å². The molecule has 130 valence electrons. The Kier molecular flexibility index (Phi) is 3.30. The molecule has 0 unspecified atom stereocenters. The summed E-state index contributed by atoms with van der Waals surface area (Å²) in [5, 5.41) is 17.3. The summed E-state index contributed by atoms with van der Waals surface area (Å²) in [4.78, 5) is 15.9. The second-order valence-electron chi connectivity index (χ2n) is 6.26. The van der Waals surface area contributed by atoms with E-state index in [0.29, 0.717) is 25.4 Å². The van der Waals surface area contributed by atoms with Gasteiger partial charge in [-0.1, -0.05) is 23.4 Å². The lowest BCUT2D eigenvalue weighted by atomic mass is 10.1. The molecule has 1 fully saturated rings. The fourth-order valence-electron chi connectivity index (χ4n) is 3.07. The van der Waals surface area contributed by atoms with Crippen molar-refractivity contribution >= 4 is 16.9 Å². The van der Waals surface area contributed by atoms with E-state index in [1.807, 2.05) is 30.5 Å². The molecular formula is C17H15N7O2. The zero-order chi connectivity index (χ0) is 17.5. The van der Waals surface area contributed by atoms with Crippen LogP contribution in [0.5, 0.6) is 0 Å². The predicted octanol–water partition coefficient (Wildman–Crippen LogP) is 1.36. The number of furan rings is 1. The Hall–Kier alpha value is -3.49. The standard InChI is InChI=1S/C17H15N7O2/c25-17(16-7-12-3-1-2-4-15(12)26-16)22-10-14(11-22)23-8-13(20-21-23)9-24-18-5-6-19-24/h1-8,14H,9-11H2. The van der Waals surface area contributed by atoms with Crippen molar-refractivity contribution in [1.29, 1.82) is 0 Å². The Balaban J connectivity index is 1.24. The topological polar surface area (TPSA) is 94.9 Å². The Morgan fingerprint density at radius 2 is 2.00 bits per heavy atom. The third-order valence-corrected chi connectivity index (χ3v) is 4.49. The number of carbonyl (C=O) groups is 1. The highest BCUT2D eigenvalue weighted by molar-refractivity contribution is 5.96. The normalized spacial score (nSPS) is 14.7. The molecule has 3 aromatic heterocycles. The summed E-state index contributed by atoms with van der Waals surface area (Å²) in [5.41, 5.74) is 1.50. The zero-order valence-corrected chi connectivity index (χ0v) is 13.8. The van der Waals surface area contributed by atoms with Gasteiger partial charge in [0.2, 0.25) is 0 Å². The van der Waals surface area contributed by atoms with E-state index in [1.165, 1.54) is 0 Å². The van der Waals surface area contributed by atoms with E-state index in [-0.39, 0.29) is 11.9 Å². The van der Waals surface area contributed by atoms with Crippen molar-refractivity contribution in [3.63, 3.8) is 0 Å². The molecule has 26 heavy (non-hydrogen) atoms. The Bertz CT molecular complexity index is 1030. The number of carbonyl (C=O) groups excluding carboxylic acids is 1. The van der Waals surface area contributed by atoms with Gasteiger partial charge in [0.1, 0.15) is 17.8 Å². The summed E-state index contributed by atoms with van der Waals surface area (Å²) < 4.78 is 7.44. The van der Waals surface area contributed by atoms with Crippen LogP contribution < -0.4 is 0 Å². The van der Waals surface area contributed by atoms with Crippen molar-refractivity contribution in [1.82, 2.24) is 34.9 Å². The smallest absolute Gasteiger partial charge is 0.289 e. The number of fused-ring (bicyclic) bond motifs is 1. The van der Waals surface area contributed by atoms with Crippen LogP contribution in [0.25, 0.3) is 11.0 Å². The van der Waals surface area contributed by atoms with Crippen molar-refractivity contribution < 1.29 is 9.21 Å². The molecule has 0 bridgehead atoms. The Morgan fingerprint density at radius 1 is 1.19 bits per heavy atom. The van der Waals surface area contributed by atoms with Crippen molar-refractivity contribution in [3.8, 4) is 0 Å². The van der Waals surface area contributed by atoms with Crippen LogP contribution in [-0.2, 0) is 6.54 Å². The summed E-state index contributed by atoms with van der Waals surface area (Å²) in [6.45, 7) is 1.64. The minimum absolute atomic E-state index is 0.0986.